The summed E-state index contributed by atoms with van der Waals surface area (Å²) in [5.74, 6) is 5.91. The summed E-state index contributed by atoms with van der Waals surface area (Å²) in [6, 6.07) is 8.99. The number of carbonyl (C=O) groups is 1. The van der Waals surface area contributed by atoms with E-state index >= 15 is 0 Å². The Morgan fingerprint density at radius 1 is 1.22 bits per heavy atom. The van der Waals surface area contributed by atoms with Gasteiger partial charge in [-0.15, -0.1) is 0 Å². The third-order valence-corrected chi connectivity index (χ3v) is 6.08. The summed E-state index contributed by atoms with van der Waals surface area (Å²) in [7, 11) is 0. The first-order valence-electron chi connectivity index (χ1n) is 9.74. The molecule has 1 aromatic rings. The Kier molecular flexibility index (Phi) is 4.68. The molecule has 3 atom stereocenters. The van der Waals surface area contributed by atoms with Crippen molar-refractivity contribution in [1.29, 1.82) is 5.26 Å². The zero-order valence-corrected chi connectivity index (χ0v) is 15.3. The topological polar surface area (TPSA) is 84.6 Å². The number of aliphatic hydroxyl groups is 2. The SMILES string of the molecule is N#C[C@@H]1[C@H](c2ccc(C#CC3(O)CCCC3)cc2)[C@@H](CO)N1C(=O)C1CC1. The molecule has 0 bridgehead atoms. The van der Waals surface area contributed by atoms with Gasteiger partial charge in [-0.05, 0) is 56.2 Å². The maximum Gasteiger partial charge on any atom is 0.227 e. The molecule has 1 aliphatic heterocycles. The van der Waals surface area contributed by atoms with E-state index in [9.17, 15) is 20.3 Å². The van der Waals surface area contributed by atoms with Crippen LogP contribution in [-0.4, -0.2) is 45.3 Å². The average Bonchev–Trinajstić information content (AvgIpc) is 3.43. The molecule has 1 heterocycles. The molecule has 2 saturated carbocycles. The number of rotatable bonds is 3. The summed E-state index contributed by atoms with van der Waals surface area (Å²) in [6.45, 7) is -0.143. The van der Waals surface area contributed by atoms with Gasteiger partial charge >= 0.3 is 0 Å². The summed E-state index contributed by atoms with van der Waals surface area (Å²) in [5.41, 5.74) is 0.897. The highest BCUT2D eigenvalue weighted by Gasteiger charge is 2.53. The molecule has 0 unspecified atom stereocenters. The van der Waals surface area contributed by atoms with E-state index in [2.05, 4.69) is 17.9 Å². The van der Waals surface area contributed by atoms with Crippen LogP contribution in [0.3, 0.4) is 0 Å². The third kappa shape index (κ3) is 3.34. The standard InChI is InChI=1S/C22H24N2O3/c23-13-18-20(19(14-25)24(18)21(26)17-7-8-17)16-5-3-15(4-6-16)9-12-22(27)10-1-2-11-22/h3-6,17-20,25,27H,1-2,7-8,10-11,14H2/t18-,19-,20+/m1/s1. The van der Waals surface area contributed by atoms with Crippen molar-refractivity contribution < 1.29 is 15.0 Å². The molecule has 140 valence electrons. The first-order chi connectivity index (χ1) is 13.1. The van der Waals surface area contributed by atoms with Crippen LogP contribution in [0, 0.1) is 29.1 Å². The van der Waals surface area contributed by atoms with E-state index in [4.69, 9.17) is 0 Å². The first kappa shape index (κ1) is 18.0. The van der Waals surface area contributed by atoms with E-state index in [0.717, 1.165) is 49.7 Å². The Morgan fingerprint density at radius 2 is 1.89 bits per heavy atom. The second-order valence-electron chi connectivity index (χ2n) is 7.98. The predicted molar refractivity (Wildman–Crippen MR) is 99.3 cm³/mol. The molecule has 1 aromatic carbocycles. The minimum absolute atomic E-state index is 0.00384. The van der Waals surface area contributed by atoms with E-state index < -0.39 is 11.6 Å². The summed E-state index contributed by atoms with van der Waals surface area (Å²) in [6.07, 6.45) is 5.26. The van der Waals surface area contributed by atoms with Crippen LogP contribution in [0.1, 0.15) is 55.6 Å². The van der Waals surface area contributed by atoms with E-state index in [0.29, 0.717) is 0 Å². The normalized spacial score (nSPS) is 28.6. The number of hydrogen-bond donors (Lipinski definition) is 2. The Labute approximate surface area is 159 Å². The van der Waals surface area contributed by atoms with Crippen LogP contribution in [0.5, 0.6) is 0 Å². The van der Waals surface area contributed by atoms with Crippen LogP contribution in [0.15, 0.2) is 24.3 Å². The lowest BCUT2D eigenvalue weighted by Gasteiger charge is -2.51. The number of likely N-dealkylation sites (tertiary alicyclic amines) is 1. The number of aliphatic hydroxyl groups excluding tert-OH is 1. The molecule has 1 amide bonds. The summed E-state index contributed by atoms with van der Waals surface area (Å²) in [5, 5.41) is 29.7. The molecular weight excluding hydrogens is 340 g/mol. The highest BCUT2D eigenvalue weighted by atomic mass is 16.3. The maximum absolute atomic E-state index is 12.4. The quantitative estimate of drug-likeness (QED) is 0.803. The fraction of sp³-hybridized carbons (Fsp3) is 0.545. The van der Waals surface area contributed by atoms with Gasteiger partial charge in [0.25, 0.3) is 0 Å². The summed E-state index contributed by atoms with van der Waals surface area (Å²) < 4.78 is 0. The minimum atomic E-state index is -0.857. The number of amides is 1. The van der Waals surface area contributed by atoms with E-state index in [1.807, 2.05) is 24.3 Å². The molecule has 27 heavy (non-hydrogen) atoms. The van der Waals surface area contributed by atoms with Gasteiger partial charge in [-0.2, -0.15) is 5.26 Å². The van der Waals surface area contributed by atoms with E-state index in [1.54, 1.807) is 4.90 Å². The monoisotopic (exact) mass is 364 g/mol. The van der Waals surface area contributed by atoms with Gasteiger partial charge in [0.15, 0.2) is 0 Å². The van der Waals surface area contributed by atoms with Crippen LogP contribution in [0.2, 0.25) is 0 Å². The Morgan fingerprint density at radius 3 is 2.44 bits per heavy atom. The van der Waals surface area contributed by atoms with Crippen LogP contribution in [0.25, 0.3) is 0 Å². The van der Waals surface area contributed by atoms with Crippen molar-refractivity contribution in [3.05, 3.63) is 35.4 Å². The second kappa shape index (κ2) is 7.00. The molecule has 5 nitrogen and oxygen atoms in total. The molecule has 3 aliphatic rings. The zero-order chi connectivity index (χ0) is 19.0. The van der Waals surface area contributed by atoms with Gasteiger partial charge in [0, 0.05) is 17.4 Å². The van der Waals surface area contributed by atoms with Gasteiger partial charge in [0.2, 0.25) is 5.91 Å². The van der Waals surface area contributed by atoms with E-state index in [-0.39, 0.29) is 30.4 Å². The van der Waals surface area contributed by atoms with Crippen LogP contribution < -0.4 is 0 Å². The minimum Gasteiger partial charge on any atom is -0.394 e. The van der Waals surface area contributed by atoms with E-state index in [1.165, 1.54) is 0 Å². The maximum atomic E-state index is 12.4. The number of hydrogen-bond acceptors (Lipinski definition) is 4. The number of carbonyl (C=O) groups excluding carboxylic acids is 1. The first-order valence-corrected chi connectivity index (χ1v) is 9.74. The van der Waals surface area contributed by atoms with Crippen molar-refractivity contribution in [3.63, 3.8) is 0 Å². The van der Waals surface area contributed by atoms with Gasteiger partial charge in [0.05, 0.1) is 18.7 Å². The lowest BCUT2D eigenvalue weighted by molar-refractivity contribution is -0.148. The second-order valence-corrected chi connectivity index (χ2v) is 7.98. The highest BCUT2D eigenvalue weighted by molar-refractivity contribution is 5.83. The van der Waals surface area contributed by atoms with Crippen molar-refractivity contribution in [2.75, 3.05) is 6.61 Å². The predicted octanol–water partition coefficient (Wildman–Crippen LogP) is 1.93. The summed E-state index contributed by atoms with van der Waals surface area (Å²) >= 11 is 0. The van der Waals surface area contributed by atoms with Crippen molar-refractivity contribution in [2.45, 2.75) is 62.1 Å². The number of nitrogens with zero attached hydrogens (tertiary/aromatic N) is 2. The largest absolute Gasteiger partial charge is 0.394 e. The Balaban J connectivity index is 1.50. The highest BCUT2D eigenvalue weighted by Crippen LogP contribution is 2.44. The molecule has 0 spiro atoms. The van der Waals surface area contributed by atoms with Crippen molar-refractivity contribution in [2.24, 2.45) is 5.92 Å². The third-order valence-electron chi connectivity index (χ3n) is 6.08. The Hall–Kier alpha value is -2.34. The molecule has 1 saturated heterocycles. The molecule has 2 aliphatic carbocycles. The molecule has 4 rings (SSSR count). The van der Waals surface area contributed by atoms with Crippen LogP contribution >= 0.6 is 0 Å². The van der Waals surface area contributed by atoms with Crippen molar-refractivity contribution in [3.8, 4) is 17.9 Å². The summed E-state index contributed by atoms with van der Waals surface area (Å²) in [4.78, 5) is 14.0. The zero-order valence-electron chi connectivity index (χ0n) is 15.3. The molecule has 5 heteroatoms. The lowest BCUT2D eigenvalue weighted by Crippen LogP contribution is -2.65. The molecule has 0 aromatic heterocycles. The number of nitriles is 1. The average molecular weight is 364 g/mol. The van der Waals surface area contributed by atoms with Gasteiger partial charge < -0.3 is 15.1 Å². The lowest BCUT2D eigenvalue weighted by atomic mass is 9.75. The number of benzene rings is 1. The van der Waals surface area contributed by atoms with Gasteiger partial charge in [-0.1, -0.05) is 24.0 Å². The fourth-order valence-corrected chi connectivity index (χ4v) is 4.31. The van der Waals surface area contributed by atoms with Crippen LogP contribution in [0.4, 0.5) is 0 Å². The Bertz CT molecular complexity index is 820. The molecule has 0 radical (unpaired) electrons. The van der Waals surface area contributed by atoms with Crippen molar-refractivity contribution >= 4 is 5.91 Å². The van der Waals surface area contributed by atoms with Gasteiger partial charge in [0.1, 0.15) is 11.6 Å². The fourth-order valence-electron chi connectivity index (χ4n) is 4.31. The van der Waals surface area contributed by atoms with Crippen molar-refractivity contribution in [1.82, 2.24) is 4.90 Å². The van der Waals surface area contributed by atoms with Gasteiger partial charge in [-0.3, -0.25) is 4.79 Å². The van der Waals surface area contributed by atoms with Gasteiger partial charge in [-0.25, -0.2) is 0 Å². The molecular formula is C22H24N2O3. The molecule has 3 fully saturated rings. The smallest absolute Gasteiger partial charge is 0.227 e. The van der Waals surface area contributed by atoms with Crippen LogP contribution in [-0.2, 0) is 4.79 Å². The molecule has 2 N–H and O–H groups in total.